The number of hydrogen-bond donors (Lipinski definition) is 2. The number of likely N-dealkylation sites (tertiary alicyclic amines) is 1. The molecule has 5 aliphatic rings. The number of nitrogens with zero attached hydrogens (tertiary/aromatic N) is 3. The van der Waals surface area contributed by atoms with Crippen molar-refractivity contribution in [3.8, 4) is 11.6 Å². The zero-order valence-corrected chi connectivity index (χ0v) is 33.1. The van der Waals surface area contributed by atoms with Gasteiger partial charge in [-0.2, -0.15) is 13.2 Å². The highest BCUT2D eigenvalue weighted by molar-refractivity contribution is 7.91. The van der Waals surface area contributed by atoms with Gasteiger partial charge in [0, 0.05) is 54.7 Å². The Morgan fingerprint density at radius 3 is 2.51 bits per heavy atom. The number of amides is 4. The summed E-state index contributed by atoms with van der Waals surface area (Å²) in [7, 11) is -2.45. The van der Waals surface area contributed by atoms with Crippen LogP contribution in [0.4, 0.5) is 13.2 Å². The minimum Gasteiger partial charge on any atom is -0.495 e. The summed E-state index contributed by atoms with van der Waals surface area (Å²) in [5, 5.41) is 3.67. The summed E-state index contributed by atoms with van der Waals surface area (Å²) in [6.45, 7) is -0.230. The number of rotatable bonds is 8. The normalized spacial score (nSPS) is 28.4. The molecule has 1 aromatic carbocycles. The first kappa shape index (κ1) is 41.1. The van der Waals surface area contributed by atoms with Gasteiger partial charge in [-0.25, -0.2) is 13.4 Å². The van der Waals surface area contributed by atoms with Crippen molar-refractivity contribution < 1.29 is 50.2 Å². The first-order valence-electron chi connectivity index (χ1n) is 19.6. The topological polar surface area (TPSA) is 164 Å². The number of halogens is 4. The van der Waals surface area contributed by atoms with Crippen molar-refractivity contribution in [3.05, 3.63) is 41.6 Å². The lowest BCUT2D eigenvalue weighted by molar-refractivity contribution is -0.186. The average Bonchev–Trinajstić information content (AvgIpc) is 4.10. The van der Waals surface area contributed by atoms with Crippen LogP contribution in [-0.2, 0) is 29.2 Å². The fraction of sp³-hybridized carbons (Fsp3) is 0.615. The quantitative estimate of drug-likeness (QED) is 0.346. The second-order valence-corrected chi connectivity index (χ2v) is 18.2. The smallest absolute Gasteiger partial charge is 0.391 e. The van der Waals surface area contributed by atoms with Gasteiger partial charge in [-0.3, -0.25) is 23.9 Å². The monoisotopic (exact) mass is 837 g/mol. The van der Waals surface area contributed by atoms with E-state index in [0.29, 0.717) is 60.1 Å². The van der Waals surface area contributed by atoms with Crippen LogP contribution in [0.2, 0.25) is 5.02 Å². The zero-order valence-electron chi connectivity index (χ0n) is 31.6. The molecular weight excluding hydrogens is 791 g/mol. The Bertz CT molecular complexity index is 2040. The van der Waals surface area contributed by atoms with E-state index >= 15 is 0 Å². The third-order valence-electron chi connectivity index (χ3n) is 12.0. The van der Waals surface area contributed by atoms with Crippen LogP contribution >= 0.6 is 11.6 Å². The second kappa shape index (κ2) is 16.3. The van der Waals surface area contributed by atoms with Crippen molar-refractivity contribution in [2.24, 2.45) is 17.8 Å². The molecule has 4 fully saturated rings. The molecule has 310 valence electrons. The summed E-state index contributed by atoms with van der Waals surface area (Å²) in [5.41, 5.74) is -1.56. The number of nitrogens with one attached hydrogen (secondary N) is 2. The molecule has 2 N–H and O–H groups in total. The third kappa shape index (κ3) is 8.83. The number of carbonyl (C=O) groups is 4. The Morgan fingerprint density at radius 1 is 1.05 bits per heavy atom. The van der Waals surface area contributed by atoms with Gasteiger partial charge in [0.25, 0.3) is 5.91 Å². The van der Waals surface area contributed by atoms with Gasteiger partial charge in [0.1, 0.15) is 23.4 Å². The van der Waals surface area contributed by atoms with Gasteiger partial charge in [0.15, 0.2) is 0 Å². The van der Waals surface area contributed by atoms with Crippen molar-refractivity contribution in [3.63, 3.8) is 0 Å². The van der Waals surface area contributed by atoms with Gasteiger partial charge in [-0.05, 0) is 69.6 Å². The zero-order chi connectivity index (χ0) is 40.7. The predicted molar refractivity (Wildman–Crippen MR) is 203 cm³/mol. The second-order valence-electron chi connectivity index (χ2n) is 15.9. The number of benzene rings is 1. The number of hydrogen-bond acceptors (Lipinski definition) is 9. The molecule has 0 bridgehead atoms. The van der Waals surface area contributed by atoms with E-state index in [2.05, 4.69) is 15.0 Å². The van der Waals surface area contributed by atoms with E-state index < -0.39 is 80.5 Å². The molecule has 2 unspecified atom stereocenters. The summed E-state index contributed by atoms with van der Waals surface area (Å²) in [5.74, 6) is -4.66. The maximum Gasteiger partial charge on any atom is 0.391 e. The largest absolute Gasteiger partial charge is 0.495 e. The molecule has 0 radical (unpaired) electrons. The number of allylic oxidation sites excluding steroid dienone is 1. The summed E-state index contributed by atoms with van der Waals surface area (Å²) < 4.78 is 79.8. The van der Waals surface area contributed by atoms with Crippen LogP contribution in [0.25, 0.3) is 10.8 Å². The third-order valence-corrected chi connectivity index (χ3v) is 14.2. The molecule has 2 aliphatic carbocycles. The molecule has 4 heterocycles. The number of pyridine rings is 1. The standard InChI is InChI=1S/C39H47ClF3N5O8S/c1-55-31-12-11-29-28(33(31)40)13-16-44-35(29)56-26-20-30-34(50)45-38(37(52)46-57(53,54)27-9-10-27)21-25(38)8-6-4-2-3-5-7-23(36(51)48(30)22-26)19-32(49)47-17-14-24(15-18-47)39(41,42)43/h6,8,11-13,16,23-27,30H,2-5,7,9-10,14-15,17-22H2,1H3,(H,45,50)(H,46,52)/b8-6-/t23-,25?,26-,30+,38?/m1/s1. The summed E-state index contributed by atoms with van der Waals surface area (Å²) in [6.07, 6.45) is 3.42. The number of fused-ring (bicyclic) bond motifs is 3. The first-order valence-corrected chi connectivity index (χ1v) is 21.5. The van der Waals surface area contributed by atoms with E-state index in [1.807, 2.05) is 12.2 Å². The molecule has 3 aliphatic heterocycles. The lowest BCUT2D eigenvalue weighted by Crippen LogP contribution is -2.57. The number of methoxy groups -OCH3 is 1. The predicted octanol–water partition coefficient (Wildman–Crippen LogP) is 5.06. The molecular formula is C39H47ClF3N5O8S. The molecule has 57 heavy (non-hydrogen) atoms. The maximum atomic E-state index is 14.7. The Kier molecular flexibility index (Phi) is 11.7. The molecule has 5 atom stereocenters. The molecule has 4 amide bonds. The minimum atomic E-state index is -4.35. The molecule has 1 aromatic heterocycles. The van der Waals surface area contributed by atoms with E-state index in [4.69, 9.17) is 21.1 Å². The fourth-order valence-corrected chi connectivity index (χ4v) is 10.0. The summed E-state index contributed by atoms with van der Waals surface area (Å²) >= 11 is 6.58. The van der Waals surface area contributed by atoms with Gasteiger partial charge in [-0.15, -0.1) is 0 Å². The lowest BCUT2D eigenvalue weighted by atomic mass is 9.92. The molecule has 13 nitrogen and oxygen atoms in total. The Morgan fingerprint density at radius 2 is 1.81 bits per heavy atom. The van der Waals surface area contributed by atoms with Crippen molar-refractivity contribution in [1.82, 2.24) is 24.8 Å². The molecule has 2 aromatic rings. The van der Waals surface area contributed by atoms with E-state index in [1.165, 1.54) is 23.1 Å². The van der Waals surface area contributed by atoms with Crippen molar-refractivity contribution in [1.29, 1.82) is 0 Å². The summed E-state index contributed by atoms with van der Waals surface area (Å²) in [6, 6.07) is 3.91. The maximum absolute atomic E-state index is 14.7. The number of aromatic nitrogens is 1. The van der Waals surface area contributed by atoms with E-state index in [9.17, 15) is 40.8 Å². The van der Waals surface area contributed by atoms with E-state index in [0.717, 1.165) is 6.42 Å². The van der Waals surface area contributed by atoms with Crippen LogP contribution in [0, 0.1) is 17.8 Å². The molecule has 18 heteroatoms. The van der Waals surface area contributed by atoms with Crippen LogP contribution in [0.1, 0.15) is 77.0 Å². The van der Waals surface area contributed by atoms with Gasteiger partial charge >= 0.3 is 6.18 Å². The number of sulfonamides is 1. The number of piperidine rings is 1. The number of ether oxygens (including phenoxy) is 2. The van der Waals surface area contributed by atoms with Gasteiger partial charge in [0.2, 0.25) is 33.6 Å². The molecule has 2 saturated carbocycles. The van der Waals surface area contributed by atoms with Gasteiger partial charge in [0.05, 0.1) is 29.8 Å². The van der Waals surface area contributed by atoms with Crippen LogP contribution < -0.4 is 19.5 Å². The highest BCUT2D eigenvalue weighted by Crippen LogP contribution is 2.46. The van der Waals surface area contributed by atoms with Crippen LogP contribution in [0.15, 0.2) is 36.5 Å². The first-order chi connectivity index (χ1) is 27.1. The van der Waals surface area contributed by atoms with Crippen molar-refractivity contribution in [2.75, 3.05) is 26.7 Å². The Labute approximate surface area is 334 Å². The van der Waals surface area contributed by atoms with Gasteiger partial charge < -0.3 is 24.6 Å². The number of carbonyl (C=O) groups excluding carboxylic acids is 4. The highest BCUT2D eigenvalue weighted by atomic mass is 35.5. The molecule has 7 rings (SSSR count). The van der Waals surface area contributed by atoms with Crippen LogP contribution in [-0.4, -0.2) is 103 Å². The van der Waals surface area contributed by atoms with Crippen molar-refractivity contribution in [2.45, 2.75) is 106 Å². The van der Waals surface area contributed by atoms with E-state index in [1.54, 1.807) is 18.2 Å². The SMILES string of the molecule is COc1ccc2c(O[C@@H]3C[C@H]4C(=O)NC5(C(=O)NS(=O)(=O)C6CC6)CC5/C=C\CCCCC[C@H](CC(=O)N5CCC(C(F)(F)F)CC5)C(=O)N4C3)nccc2c1Cl. The number of alkyl halides is 3. The Hall–Kier alpha value is -4.12. The van der Waals surface area contributed by atoms with Gasteiger partial charge in [-0.1, -0.05) is 36.6 Å². The van der Waals surface area contributed by atoms with Crippen molar-refractivity contribution >= 4 is 56.0 Å². The summed E-state index contributed by atoms with van der Waals surface area (Å²) in [4.78, 5) is 63.6. The van der Waals surface area contributed by atoms with Crippen LogP contribution in [0.3, 0.4) is 0 Å². The average molecular weight is 838 g/mol. The Balaban J connectivity index is 1.17. The minimum absolute atomic E-state index is 0.0241. The lowest BCUT2D eigenvalue weighted by Gasteiger charge is -2.34. The van der Waals surface area contributed by atoms with E-state index in [-0.39, 0.29) is 57.6 Å². The molecule has 0 spiro atoms. The fourth-order valence-electron chi connectivity index (χ4n) is 8.36. The van der Waals surface area contributed by atoms with Crippen LogP contribution in [0.5, 0.6) is 11.6 Å². The highest BCUT2D eigenvalue weighted by Gasteiger charge is 2.62. The molecule has 2 saturated heterocycles.